The number of carbonyl (C=O) groups is 2. The number of methoxy groups -OCH3 is 1. The van der Waals surface area contributed by atoms with Crippen LogP contribution in [0.1, 0.15) is 20.7 Å². The van der Waals surface area contributed by atoms with E-state index in [9.17, 15) is 22.8 Å². The molecule has 4 rings (SSSR count). The van der Waals surface area contributed by atoms with Crippen LogP contribution < -0.4 is 9.64 Å². The van der Waals surface area contributed by atoms with Gasteiger partial charge < -0.3 is 19.3 Å². The summed E-state index contributed by atoms with van der Waals surface area (Å²) in [5.41, 5.74) is 1.43. The molecule has 1 saturated heterocycles. The first-order valence-corrected chi connectivity index (χ1v) is 10.4. The zero-order chi connectivity index (χ0) is 22.9. The van der Waals surface area contributed by atoms with Crippen molar-refractivity contribution in [1.29, 1.82) is 0 Å². The molecule has 32 heavy (non-hydrogen) atoms. The zero-order valence-corrected chi connectivity index (χ0v) is 17.7. The van der Waals surface area contributed by atoms with Gasteiger partial charge in [0.05, 0.1) is 22.9 Å². The molecule has 2 aromatic carbocycles. The Kier molecular flexibility index (Phi) is 5.92. The molecule has 1 amide bonds. The number of aromatic nitrogens is 1. The Bertz CT molecular complexity index is 1140. The summed E-state index contributed by atoms with van der Waals surface area (Å²) in [6, 6.07) is 10.3. The van der Waals surface area contributed by atoms with Gasteiger partial charge in [-0.1, -0.05) is 11.3 Å². The molecular formula is C21H18F3N3O4S. The number of piperazine rings is 1. The Morgan fingerprint density at radius 1 is 1.00 bits per heavy atom. The highest BCUT2D eigenvalue weighted by Gasteiger charge is 2.31. The van der Waals surface area contributed by atoms with Crippen molar-refractivity contribution in [3.63, 3.8) is 0 Å². The second kappa shape index (κ2) is 8.65. The predicted octanol–water partition coefficient (Wildman–Crippen LogP) is 3.94. The highest BCUT2D eigenvalue weighted by Crippen LogP contribution is 2.33. The fourth-order valence-corrected chi connectivity index (χ4v) is 4.42. The second-order valence-electron chi connectivity index (χ2n) is 7.02. The number of rotatable bonds is 4. The van der Waals surface area contributed by atoms with Crippen LogP contribution in [0, 0.1) is 0 Å². The molecule has 0 saturated carbocycles. The number of anilines is 1. The lowest BCUT2D eigenvalue weighted by atomic mass is 10.1. The number of carbonyl (C=O) groups excluding carboxylic acids is 2. The Hall–Kier alpha value is -3.34. The van der Waals surface area contributed by atoms with Crippen molar-refractivity contribution in [3.05, 3.63) is 53.6 Å². The van der Waals surface area contributed by atoms with Gasteiger partial charge in [-0.05, 0) is 36.4 Å². The molecule has 2 heterocycles. The molecule has 1 aliphatic rings. The number of thiazole rings is 1. The quantitative estimate of drug-likeness (QED) is 0.544. The fourth-order valence-electron chi connectivity index (χ4n) is 3.38. The van der Waals surface area contributed by atoms with Crippen LogP contribution in [0.3, 0.4) is 0 Å². The molecule has 0 aliphatic carbocycles. The van der Waals surface area contributed by atoms with Crippen LogP contribution in [-0.2, 0) is 4.74 Å². The van der Waals surface area contributed by atoms with Gasteiger partial charge in [0.15, 0.2) is 5.13 Å². The number of halogens is 3. The van der Waals surface area contributed by atoms with E-state index in [0.29, 0.717) is 52.7 Å². The summed E-state index contributed by atoms with van der Waals surface area (Å²) in [6.07, 6.45) is -4.75. The molecule has 0 unspecified atom stereocenters. The number of esters is 1. The third-order valence-electron chi connectivity index (χ3n) is 4.97. The Morgan fingerprint density at radius 2 is 1.66 bits per heavy atom. The van der Waals surface area contributed by atoms with Gasteiger partial charge >= 0.3 is 12.3 Å². The van der Waals surface area contributed by atoms with E-state index in [-0.39, 0.29) is 11.7 Å². The Morgan fingerprint density at radius 3 is 2.28 bits per heavy atom. The second-order valence-corrected chi connectivity index (χ2v) is 8.03. The molecule has 0 spiro atoms. The summed E-state index contributed by atoms with van der Waals surface area (Å²) in [4.78, 5) is 32.5. The van der Waals surface area contributed by atoms with Gasteiger partial charge in [0.2, 0.25) is 0 Å². The molecule has 7 nitrogen and oxygen atoms in total. The van der Waals surface area contributed by atoms with E-state index in [1.165, 1.54) is 36.6 Å². The van der Waals surface area contributed by atoms with Gasteiger partial charge in [0.25, 0.3) is 5.91 Å². The molecule has 0 bridgehead atoms. The number of amides is 1. The highest BCUT2D eigenvalue weighted by atomic mass is 32.1. The molecule has 1 fully saturated rings. The van der Waals surface area contributed by atoms with Crippen LogP contribution in [0.5, 0.6) is 5.75 Å². The van der Waals surface area contributed by atoms with E-state index < -0.39 is 12.3 Å². The lowest BCUT2D eigenvalue weighted by molar-refractivity contribution is -0.274. The fraction of sp³-hybridized carbons (Fsp3) is 0.286. The minimum Gasteiger partial charge on any atom is -0.465 e. The minimum atomic E-state index is -4.75. The third-order valence-corrected chi connectivity index (χ3v) is 6.05. The van der Waals surface area contributed by atoms with E-state index in [1.807, 2.05) is 4.90 Å². The van der Waals surface area contributed by atoms with Crippen LogP contribution in [0.25, 0.3) is 10.2 Å². The highest BCUT2D eigenvalue weighted by molar-refractivity contribution is 7.22. The maximum Gasteiger partial charge on any atom is 0.573 e. The smallest absolute Gasteiger partial charge is 0.465 e. The van der Waals surface area contributed by atoms with Crippen LogP contribution in [0.15, 0.2) is 42.5 Å². The van der Waals surface area contributed by atoms with Crippen LogP contribution in [0.4, 0.5) is 18.3 Å². The first-order chi connectivity index (χ1) is 15.2. The number of benzene rings is 2. The van der Waals surface area contributed by atoms with E-state index >= 15 is 0 Å². The number of hydrogen-bond acceptors (Lipinski definition) is 7. The number of fused-ring (bicyclic) bond motifs is 1. The Labute approximate surface area is 185 Å². The number of hydrogen-bond donors (Lipinski definition) is 0. The van der Waals surface area contributed by atoms with Crippen LogP contribution >= 0.6 is 11.3 Å². The molecule has 1 aromatic heterocycles. The first kappa shape index (κ1) is 21.9. The zero-order valence-electron chi connectivity index (χ0n) is 16.9. The molecule has 11 heteroatoms. The van der Waals surface area contributed by atoms with Crippen molar-refractivity contribution in [2.75, 3.05) is 38.2 Å². The van der Waals surface area contributed by atoms with Crippen molar-refractivity contribution in [1.82, 2.24) is 9.88 Å². The topological polar surface area (TPSA) is 72.0 Å². The lowest BCUT2D eigenvalue weighted by Gasteiger charge is -2.34. The maximum atomic E-state index is 12.8. The van der Waals surface area contributed by atoms with Crippen LogP contribution in [-0.4, -0.2) is 61.4 Å². The van der Waals surface area contributed by atoms with Gasteiger partial charge in [-0.15, -0.1) is 13.2 Å². The van der Waals surface area contributed by atoms with E-state index in [4.69, 9.17) is 0 Å². The maximum absolute atomic E-state index is 12.8. The number of nitrogens with zero attached hydrogens (tertiary/aromatic N) is 3. The van der Waals surface area contributed by atoms with Gasteiger partial charge in [-0.2, -0.15) is 0 Å². The summed E-state index contributed by atoms with van der Waals surface area (Å²) < 4.78 is 46.5. The third kappa shape index (κ3) is 4.77. The summed E-state index contributed by atoms with van der Waals surface area (Å²) in [6.45, 7) is 2.02. The van der Waals surface area contributed by atoms with Gasteiger partial charge in [0, 0.05) is 37.8 Å². The molecule has 0 atom stereocenters. The van der Waals surface area contributed by atoms with Gasteiger partial charge in [0.1, 0.15) is 5.75 Å². The summed E-state index contributed by atoms with van der Waals surface area (Å²) >= 11 is 1.28. The van der Waals surface area contributed by atoms with Crippen molar-refractivity contribution in [3.8, 4) is 5.75 Å². The molecule has 3 aromatic rings. The van der Waals surface area contributed by atoms with E-state index in [0.717, 1.165) is 0 Å². The molecule has 0 N–H and O–H groups in total. The average Bonchev–Trinajstić information content (AvgIpc) is 3.20. The van der Waals surface area contributed by atoms with Gasteiger partial charge in [-0.25, -0.2) is 9.78 Å². The lowest BCUT2D eigenvalue weighted by Crippen LogP contribution is -2.48. The summed E-state index contributed by atoms with van der Waals surface area (Å²) in [7, 11) is 1.29. The SMILES string of the molecule is COC(=O)c1ccc(C(=O)N2CCN(c3nc4ccc(OC(F)(F)F)cc4s3)CC2)cc1. The molecule has 1 aliphatic heterocycles. The number of alkyl halides is 3. The summed E-state index contributed by atoms with van der Waals surface area (Å²) in [5.74, 6) is -0.890. The molecular weight excluding hydrogens is 447 g/mol. The van der Waals surface area contributed by atoms with Crippen molar-refractivity contribution >= 4 is 38.6 Å². The normalized spacial score (nSPS) is 14.5. The van der Waals surface area contributed by atoms with E-state index in [2.05, 4.69) is 14.5 Å². The molecule has 168 valence electrons. The number of ether oxygens (including phenoxy) is 2. The first-order valence-electron chi connectivity index (χ1n) is 9.62. The Balaban J connectivity index is 1.40. The van der Waals surface area contributed by atoms with Crippen molar-refractivity contribution < 1.29 is 32.2 Å². The standard InChI is InChI=1S/C21H18F3N3O4S/c1-30-19(29)14-4-2-13(3-5-14)18(28)26-8-10-27(11-9-26)20-25-16-7-6-15(12-17(16)32-20)31-21(22,23)24/h2-7,12H,8-11H2,1H3. The van der Waals surface area contributed by atoms with Crippen molar-refractivity contribution in [2.24, 2.45) is 0 Å². The average molecular weight is 465 g/mol. The summed E-state index contributed by atoms with van der Waals surface area (Å²) in [5, 5.41) is 0.679. The monoisotopic (exact) mass is 465 g/mol. The minimum absolute atomic E-state index is 0.140. The van der Waals surface area contributed by atoms with E-state index in [1.54, 1.807) is 29.2 Å². The largest absolute Gasteiger partial charge is 0.573 e. The molecule has 0 radical (unpaired) electrons. The van der Waals surface area contributed by atoms with Crippen LogP contribution in [0.2, 0.25) is 0 Å². The van der Waals surface area contributed by atoms with Crippen molar-refractivity contribution in [2.45, 2.75) is 6.36 Å². The van der Waals surface area contributed by atoms with Gasteiger partial charge in [-0.3, -0.25) is 4.79 Å². The predicted molar refractivity (Wildman–Crippen MR) is 112 cm³/mol.